The van der Waals surface area contributed by atoms with Crippen LogP contribution in [-0.4, -0.2) is 5.91 Å². The van der Waals surface area contributed by atoms with Crippen molar-refractivity contribution in [2.75, 3.05) is 5.32 Å². The minimum absolute atomic E-state index is 0.0589. The third-order valence-electron chi connectivity index (χ3n) is 2.87. The summed E-state index contributed by atoms with van der Waals surface area (Å²) in [5, 5.41) is 2.87. The van der Waals surface area contributed by atoms with Crippen molar-refractivity contribution in [2.24, 2.45) is 0 Å². The van der Waals surface area contributed by atoms with Crippen LogP contribution in [0.25, 0.3) is 0 Å². The molecule has 0 radical (unpaired) electrons. The molecule has 0 aliphatic rings. The van der Waals surface area contributed by atoms with Crippen LogP contribution < -0.4 is 10.1 Å². The Bertz CT molecular complexity index is 535. The average Bonchev–Trinajstić information content (AvgIpc) is 2.48. The average molecular weight is 269 g/mol. The van der Waals surface area contributed by atoms with Crippen LogP contribution in [0.1, 0.15) is 26.2 Å². The molecule has 0 fully saturated rings. The first-order valence-electron chi connectivity index (χ1n) is 6.91. The van der Waals surface area contributed by atoms with Crippen molar-refractivity contribution in [3.63, 3.8) is 0 Å². The molecule has 0 saturated heterocycles. The Labute approximate surface area is 119 Å². The fourth-order valence-electron chi connectivity index (χ4n) is 1.79. The third-order valence-corrected chi connectivity index (χ3v) is 2.87. The van der Waals surface area contributed by atoms with Gasteiger partial charge in [-0.3, -0.25) is 4.79 Å². The molecule has 2 rings (SSSR count). The first-order chi connectivity index (χ1) is 9.78. The zero-order chi connectivity index (χ0) is 14.2. The molecule has 0 aromatic heterocycles. The maximum absolute atomic E-state index is 11.6. The maximum Gasteiger partial charge on any atom is 0.224 e. The monoisotopic (exact) mass is 269 g/mol. The number of unbranched alkanes of at least 4 members (excludes halogenated alkanes) is 1. The van der Waals surface area contributed by atoms with E-state index in [9.17, 15) is 4.79 Å². The van der Waals surface area contributed by atoms with Crippen molar-refractivity contribution < 1.29 is 9.53 Å². The molecule has 0 unspecified atom stereocenters. The lowest BCUT2D eigenvalue weighted by Gasteiger charge is -2.08. The summed E-state index contributed by atoms with van der Waals surface area (Å²) in [6, 6.07) is 17.0. The summed E-state index contributed by atoms with van der Waals surface area (Å²) in [6.45, 7) is 2.07. The molecule has 0 atom stereocenters. The number of benzene rings is 2. The van der Waals surface area contributed by atoms with Gasteiger partial charge in [-0.25, -0.2) is 0 Å². The van der Waals surface area contributed by atoms with E-state index in [4.69, 9.17) is 4.74 Å². The lowest BCUT2D eigenvalue weighted by atomic mass is 10.2. The molecule has 20 heavy (non-hydrogen) atoms. The predicted octanol–water partition coefficient (Wildman–Crippen LogP) is 4.61. The van der Waals surface area contributed by atoms with Crippen molar-refractivity contribution in [1.82, 2.24) is 0 Å². The van der Waals surface area contributed by atoms with Crippen LogP contribution in [0.2, 0.25) is 0 Å². The van der Waals surface area contributed by atoms with Crippen molar-refractivity contribution in [3.05, 3.63) is 54.6 Å². The number of carbonyl (C=O) groups is 1. The Hall–Kier alpha value is -2.29. The van der Waals surface area contributed by atoms with E-state index in [2.05, 4.69) is 12.2 Å². The minimum atomic E-state index is 0.0589. The number of nitrogens with one attached hydrogen (secondary N) is 1. The van der Waals surface area contributed by atoms with E-state index in [0.29, 0.717) is 6.42 Å². The highest BCUT2D eigenvalue weighted by Gasteiger charge is 2.02. The summed E-state index contributed by atoms with van der Waals surface area (Å²) in [7, 11) is 0. The van der Waals surface area contributed by atoms with Gasteiger partial charge in [0.15, 0.2) is 0 Å². The summed E-state index contributed by atoms with van der Waals surface area (Å²) < 4.78 is 5.69. The number of hydrogen-bond acceptors (Lipinski definition) is 2. The normalized spacial score (nSPS) is 10.1. The molecule has 1 amide bonds. The van der Waals surface area contributed by atoms with Gasteiger partial charge < -0.3 is 10.1 Å². The molecular weight excluding hydrogens is 250 g/mol. The highest BCUT2D eigenvalue weighted by molar-refractivity contribution is 5.90. The van der Waals surface area contributed by atoms with E-state index in [-0.39, 0.29) is 5.91 Å². The number of rotatable bonds is 6. The molecule has 0 spiro atoms. The summed E-state index contributed by atoms with van der Waals surface area (Å²) >= 11 is 0. The largest absolute Gasteiger partial charge is 0.457 e. The van der Waals surface area contributed by atoms with Crippen LogP contribution in [0.4, 0.5) is 5.69 Å². The topological polar surface area (TPSA) is 38.3 Å². The summed E-state index contributed by atoms with van der Waals surface area (Å²) in [5.74, 6) is 1.61. The standard InChI is InChI=1S/C17H19NO2/c1-2-3-9-17(19)18-14-10-12-16(13-11-14)20-15-7-5-4-6-8-15/h4-8,10-13H,2-3,9H2,1H3,(H,18,19). The molecule has 0 heterocycles. The highest BCUT2D eigenvalue weighted by Crippen LogP contribution is 2.22. The quantitative estimate of drug-likeness (QED) is 0.831. The van der Waals surface area contributed by atoms with Crippen LogP contribution >= 0.6 is 0 Å². The van der Waals surface area contributed by atoms with E-state index in [1.807, 2.05) is 54.6 Å². The van der Waals surface area contributed by atoms with Gasteiger partial charge in [-0.2, -0.15) is 0 Å². The van der Waals surface area contributed by atoms with Crippen molar-refractivity contribution in [3.8, 4) is 11.5 Å². The molecule has 0 aliphatic carbocycles. The molecule has 0 saturated carbocycles. The van der Waals surface area contributed by atoms with Crippen molar-refractivity contribution in [2.45, 2.75) is 26.2 Å². The van der Waals surface area contributed by atoms with Gasteiger partial charge in [0, 0.05) is 12.1 Å². The second-order valence-electron chi connectivity index (χ2n) is 4.59. The van der Waals surface area contributed by atoms with Gasteiger partial charge >= 0.3 is 0 Å². The van der Waals surface area contributed by atoms with Gasteiger partial charge in [0.2, 0.25) is 5.91 Å². The van der Waals surface area contributed by atoms with Gasteiger partial charge in [0.1, 0.15) is 11.5 Å². The number of hydrogen-bond donors (Lipinski definition) is 1. The number of ether oxygens (including phenoxy) is 1. The van der Waals surface area contributed by atoms with Gasteiger partial charge in [0.05, 0.1) is 0 Å². The number of amides is 1. The zero-order valence-electron chi connectivity index (χ0n) is 11.6. The fraction of sp³-hybridized carbons (Fsp3) is 0.235. The van der Waals surface area contributed by atoms with Gasteiger partial charge in [-0.1, -0.05) is 31.5 Å². The molecular formula is C17H19NO2. The SMILES string of the molecule is CCCCC(=O)Nc1ccc(Oc2ccccc2)cc1. The Morgan fingerprint density at radius 1 is 1.00 bits per heavy atom. The molecule has 2 aromatic rings. The van der Waals surface area contributed by atoms with Crippen LogP contribution in [0.15, 0.2) is 54.6 Å². The number of anilines is 1. The number of para-hydroxylation sites is 1. The second-order valence-corrected chi connectivity index (χ2v) is 4.59. The molecule has 3 heteroatoms. The Morgan fingerprint density at radius 3 is 2.30 bits per heavy atom. The van der Waals surface area contributed by atoms with E-state index in [0.717, 1.165) is 30.0 Å². The smallest absolute Gasteiger partial charge is 0.224 e. The fourth-order valence-corrected chi connectivity index (χ4v) is 1.79. The van der Waals surface area contributed by atoms with E-state index < -0.39 is 0 Å². The van der Waals surface area contributed by atoms with E-state index in [1.165, 1.54) is 0 Å². The lowest BCUT2D eigenvalue weighted by Crippen LogP contribution is -2.10. The van der Waals surface area contributed by atoms with Gasteiger partial charge in [0.25, 0.3) is 0 Å². The Balaban J connectivity index is 1.91. The summed E-state index contributed by atoms with van der Waals surface area (Å²) in [4.78, 5) is 11.6. The van der Waals surface area contributed by atoms with Gasteiger partial charge in [-0.15, -0.1) is 0 Å². The first kappa shape index (κ1) is 14.1. The summed E-state index contributed by atoms with van der Waals surface area (Å²) in [5.41, 5.74) is 0.798. The van der Waals surface area contributed by atoms with E-state index in [1.54, 1.807) is 0 Å². The van der Waals surface area contributed by atoms with Crippen molar-refractivity contribution in [1.29, 1.82) is 0 Å². The van der Waals surface area contributed by atoms with E-state index >= 15 is 0 Å². The predicted molar refractivity (Wildman–Crippen MR) is 81.1 cm³/mol. The zero-order valence-corrected chi connectivity index (χ0v) is 11.6. The first-order valence-corrected chi connectivity index (χ1v) is 6.91. The third kappa shape index (κ3) is 4.43. The van der Waals surface area contributed by atoms with Gasteiger partial charge in [-0.05, 0) is 42.8 Å². The lowest BCUT2D eigenvalue weighted by molar-refractivity contribution is -0.116. The van der Waals surface area contributed by atoms with Crippen molar-refractivity contribution >= 4 is 11.6 Å². The van der Waals surface area contributed by atoms with Crippen LogP contribution in [0.3, 0.4) is 0 Å². The molecule has 104 valence electrons. The molecule has 3 nitrogen and oxygen atoms in total. The second kappa shape index (κ2) is 7.34. The molecule has 0 bridgehead atoms. The molecule has 0 aliphatic heterocycles. The minimum Gasteiger partial charge on any atom is -0.457 e. The molecule has 1 N–H and O–H groups in total. The van der Waals surface area contributed by atoms with Crippen LogP contribution in [0.5, 0.6) is 11.5 Å². The highest BCUT2D eigenvalue weighted by atomic mass is 16.5. The van der Waals surface area contributed by atoms with Crippen LogP contribution in [0, 0.1) is 0 Å². The molecule has 2 aromatic carbocycles. The number of carbonyl (C=O) groups excluding carboxylic acids is 1. The summed E-state index contributed by atoms with van der Waals surface area (Å²) in [6.07, 6.45) is 2.51. The Kier molecular flexibility index (Phi) is 5.18. The van der Waals surface area contributed by atoms with Crippen LogP contribution in [-0.2, 0) is 4.79 Å². The maximum atomic E-state index is 11.6. The Morgan fingerprint density at radius 2 is 1.65 bits per heavy atom.